The van der Waals surface area contributed by atoms with Crippen LogP contribution in [0.25, 0.3) is 11.2 Å². The van der Waals surface area contributed by atoms with Gasteiger partial charge >= 0.3 is 6.01 Å². The summed E-state index contributed by atoms with van der Waals surface area (Å²) < 4.78 is 38.5. The summed E-state index contributed by atoms with van der Waals surface area (Å²) in [6.07, 6.45) is 0. The standard InChI is InChI=1S/C20H14ClF2N3O3/c21-14-8-17-18(25-19(14)28-10-13-15(22)2-1-3-16(13)23)26-20(24-17)29-12-6-4-11(9-27)5-7-12/h1-8,27H,9-10H2,(H,24,25,26). The molecule has 2 aromatic carbocycles. The number of nitrogens with one attached hydrogen (secondary N) is 1. The van der Waals surface area contributed by atoms with Crippen molar-refractivity contribution in [1.82, 2.24) is 15.0 Å². The Morgan fingerprint density at radius 2 is 1.76 bits per heavy atom. The fourth-order valence-electron chi connectivity index (χ4n) is 2.61. The molecule has 4 aromatic rings. The van der Waals surface area contributed by atoms with Gasteiger partial charge in [-0.2, -0.15) is 9.97 Å². The first-order chi connectivity index (χ1) is 14.0. The van der Waals surface area contributed by atoms with Crippen LogP contribution in [0.1, 0.15) is 11.1 Å². The number of aliphatic hydroxyl groups is 1. The highest BCUT2D eigenvalue weighted by molar-refractivity contribution is 6.32. The second-order valence-corrected chi connectivity index (χ2v) is 6.49. The SMILES string of the molecule is OCc1ccc(Oc2nc3nc(OCc4c(F)cccc4F)c(Cl)cc3[nH]2)cc1. The van der Waals surface area contributed by atoms with Crippen LogP contribution in [0, 0.1) is 11.6 Å². The van der Waals surface area contributed by atoms with E-state index in [1.165, 1.54) is 12.1 Å². The Balaban J connectivity index is 1.54. The van der Waals surface area contributed by atoms with Gasteiger partial charge in [0, 0.05) is 0 Å². The summed E-state index contributed by atoms with van der Waals surface area (Å²) in [6, 6.07) is 12.1. The van der Waals surface area contributed by atoms with Crippen LogP contribution >= 0.6 is 11.6 Å². The first kappa shape index (κ1) is 19.1. The summed E-state index contributed by atoms with van der Waals surface area (Å²) in [4.78, 5) is 11.3. The lowest BCUT2D eigenvalue weighted by Gasteiger charge is -2.08. The summed E-state index contributed by atoms with van der Waals surface area (Å²) in [5.74, 6) is -0.930. The van der Waals surface area contributed by atoms with Crippen LogP contribution in [-0.2, 0) is 13.2 Å². The fraction of sp³-hybridized carbons (Fsp3) is 0.100. The van der Waals surface area contributed by atoms with Crippen LogP contribution in [-0.4, -0.2) is 20.1 Å². The van der Waals surface area contributed by atoms with Crippen LogP contribution in [0.4, 0.5) is 8.78 Å². The Labute approximate surface area is 168 Å². The summed E-state index contributed by atoms with van der Waals surface area (Å²) in [6.45, 7) is -0.436. The van der Waals surface area contributed by atoms with Gasteiger partial charge in [-0.25, -0.2) is 8.78 Å². The van der Waals surface area contributed by atoms with E-state index in [1.54, 1.807) is 24.3 Å². The number of hydrogen-bond acceptors (Lipinski definition) is 5. The molecule has 4 rings (SSSR count). The predicted molar refractivity (Wildman–Crippen MR) is 102 cm³/mol. The molecule has 0 saturated carbocycles. The lowest BCUT2D eigenvalue weighted by atomic mass is 10.2. The van der Waals surface area contributed by atoms with Gasteiger partial charge in [-0.1, -0.05) is 29.8 Å². The maximum atomic E-state index is 13.7. The zero-order valence-corrected chi connectivity index (χ0v) is 15.6. The third-order valence-electron chi connectivity index (χ3n) is 4.11. The van der Waals surface area contributed by atoms with E-state index in [4.69, 9.17) is 26.2 Å². The number of aliphatic hydroxyl groups excluding tert-OH is 1. The quantitative estimate of drug-likeness (QED) is 0.473. The predicted octanol–water partition coefficient (Wildman–Crippen LogP) is 4.75. The first-order valence-electron chi connectivity index (χ1n) is 8.53. The number of H-pyrrole nitrogens is 1. The van der Waals surface area contributed by atoms with Crippen LogP contribution in [0.3, 0.4) is 0 Å². The summed E-state index contributed by atoms with van der Waals surface area (Å²) >= 11 is 6.16. The zero-order valence-electron chi connectivity index (χ0n) is 14.8. The van der Waals surface area contributed by atoms with Gasteiger partial charge in [0.25, 0.3) is 0 Å². The number of hydrogen-bond donors (Lipinski definition) is 2. The fourth-order valence-corrected chi connectivity index (χ4v) is 2.82. The highest BCUT2D eigenvalue weighted by atomic mass is 35.5. The minimum atomic E-state index is -0.718. The molecule has 0 radical (unpaired) electrons. The molecule has 2 N–H and O–H groups in total. The maximum Gasteiger partial charge on any atom is 0.301 e. The van der Waals surface area contributed by atoms with Gasteiger partial charge in [0.1, 0.15) is 29.0 Å². The van der Waals surface area contributed by atoms with Crippen molar-refractivity contribution < 1.29 is 23.4 Å². The molecule has 29 heavy (non-hydrogen) atoms. The molecule has 6 nitrogen and oxygen atoms in total. The molecular weight excluding hydrogens is 404 g/mol. The van der Waals surface area contributed by atoms with Gasteiger partial charge < -0.3 is 19.6 Å². The molecule has 0 amide bonds. The van der Waals surface area contributed by atoms with E-state index in [0.29, 0.717) is 11.3 Å². The monoisotopic (exact) mass is 417 g/mol. The van der Waals surface area contributed by atoms with Crippen molar-refractivity contribution in [3.05, 3.63) is 76.3 Å². The molecule has 0 aliphatic heterocycles. The minimum absolute atomic E-state index is 0.00725. The molecule has 0 atom stereocenters. The van der Waals surface area contributed by atoms with E-state index >= 15 is 0 Å². The van der Waals surface area contributed by atoms with Gasteiger partial charge in [-0.3, -0.25) is 0 Å². The second-order valence-electron chi connectivity index (χ2n) is 6.08. The molecular formula is C20H14ClF2N3O3. The van der Waals surface area contributed by atoms with Crippen LogP contribution in [0.15, 0.2) is 48.5 Å². The number of pyridine rings is 1. The van der Waals surface area contributed by atoms with E-state index < -0.39 is 11.6 Å². The van der Waals surface area contributed by atoms with Gasteiger partial charge in [-0.05, 0) is 35.9 Å². The summed E-state index contributed by atoms with van der Waals surface area (Å²) in [5.41, 5.74) is 1.30. The largest absolute Gasteiger partial charge is 0.471 e. The molecule has 0 aliphatic rings. The topological polar surface area (TPSA) is 80.3 Å². The van der Waals surface area contributed by atoms with Crippen LogP contribution in [0.5, 0.6) is 17.6 Å². The molecule has 2 aromatic heterocycles. The number of aromatic amines is 1. The lowest BCUT2D eigenvalue weighted by molar-refractivity contribution is 0.281. The lowest BCUT2D eigenvalue weighted by Crippen LogP contribution is -2.03. The molecule has 148 valence electrons. The van der Waals surface area contributed by atoms with Gasteiger partial charge in [-0.15, -0.1) is 0 Å². The van der Waals surface area contributed by atoms with Crippen molar-refractivity contribution in [1.29, 1.82) is 0 Å². The van der Waals surface area contributed by atoms with Gasteiger partial charge in [0.15, 0.2) is 5.65 Å². The molecule has 0 spiro atoms. The van der Waals surface area contributed by atoms with Crippen molar-refractivity contribution in [2.45, 2.75) is 13.2 Å². The number of ether oxygens (including phenoxy) is 2. The highest BCUT2D eigenvalue weighted by Crippen LogP contribution is 2.29. The molecule has 9 heteroatoms. The minimum Gasteiger partial charge on any atom is -0.471 e. The van der Waals surface area contributed by atoms with E-state index in [2.05, 4.69) is 15.0 Å². The number of rotatable bonds is 6. The number of halogens is 3. The van der Waals surface area contributed by atoms with E-state index in [0.717, 1.165) is 17.7 Å². The number of benzene rings is 2. The Bertz CT molecular complexity index is 1150. The van der Waals surface area contributed by atoms with Crippen LogP contribution < -0.4 is 9.47 Å². The Kier molecular flexibility index (Phi) is 5.28. The van der Waals surface area contributed by atoms with Crippen molar-refractivity contribution in [2.24, 2.45) is 0 Å². The van der Waals surface area contributed by atoms with Crippen molar-refractivity contribution in [3.8, 4) is 17.6 Å². The molecule has 0 fully saturated rings. The van der Waals surface area contributed by atoms with Crippen molar-refractivity contribution >= 4 is 22.8 Å². The molecule has 0 unspecified atom stereocenters. The summed E-state index contributed by atoms with van der Waals surface area (Å²) in [5, 5.41) is 9.23. The smallest absolute Gasteiger partial charge is 0.301 e. The van der Waals surface area contributed by atoms with Gasteiger partial charge in [0.2, 0.25) is 5.88 Å². The van der Waals surface area contributed by atoms with Gasteiger partial charge in [0.05, 0.1) is 17.7 Å². The third kappa shape index (κ3) is 4.13. The Hall–Kier alpha value is -3.23. The van der Waals surface area contributed by atoms with E-state index in [1.807, 2.05) is 0 Å². The molecule has 0 saturated heterocycles. The zero-order chi connectivity index (χ0) is 20.4. The Morgan fingerprint density at radius 1 is 1.03 bits per heavy atom. The average Bonchev–Trinajstić information content (AvgIpc) is 3.09. The number of nitrogens with zero attached hydrogens (tertiary/aromatic N) is 2. The number of imidazole rings is 1. The second kappa shape index (κ2) is 8.02. The first-order valence-corrected chi connectivity index (χ1v) is 8.91. The van der Waals surface area contributed by atoms with Crippen molar-refractivity contribution in [3.63, 3.8) is 0 Å². The normalized spacial score (nSPS) is 11.0. The highest BCUT2D eigenvalue weighted by Gasteiger charge is 2.14. The maximum absolute atomic E-state index is 13.7. The number of fused-ring (bicyclic) bond motifs is 1. The molecule has 0 aliphatic carbocycles. The Morgan fingerprint density at radius 3 is 2.45 bits per heavy atom. The third-order valence-corrected chi connectivity index (χ3v) is 4.38. The summed E-state index contributed by atoms with van der Waals surface area (Å²) in [7, 11) is 0. The number of aromatic nitrogens is 3. The molecule has 0 bridgehead atoms. The molecule has 2 heterocycles. The van der Waals surface area contributed by atoms with Crippen LogP contribution in [0.2, 0.25) is 5.02 Å². The van der Waals surface area contributed by atoms with E-state index in [-0.39, 0.29) is 41.3 Å². The van der Waals surface area contributed by atoms with E-state index in [9.17, 15) is 8.78 Å². The van der Waals surface area contributed by atoms with Crippen molar-refractivity contribution in [2.75, 3.05) is 0 Å². The average molecular weight is 418 g/mol.